The smallest absolute Gasteiger partial charge is 0.169 e. The van der Waals surface area contributed by atoms with Crippen LogP contribution in [0.3, 0.4) is 0 Å². The number of hydrogen-bond acceptors (Lipinski definition) is 4. The molecule has 4 nitrogen and oxygen atoms in total. The van der Waals surface area contributed by atoms with Crippen LogP contribution < -0.4 is 0 Å². The molecule has 2 unspecified atom stereocenters. The van der Waals surface area contributed by atoms with Crippen LogP contribution in [0.1, 0.15) is 11.9 Å². The molecule has 0 bridgehead atoms. The predicted octanol–water partition coefficient (Wildman–Crippen LogP) is 0.429. The number of hydrogen-bond donors (Lipinski definition) is 3. The van der Waals surface area contributed by atoms with E-state index in [0.29, 0.717) is 4.67 Å². The minimum atomic E-state index is -1.21. The topological polar surface area (TPSA) is 73.8 Å². The van der Waals surface area contributed by atoms with Crippen LogP contribution in [0.15, 0.2) is 21.2 Å². The average Bonchev–Trinajstić information content (AvgIpc) is 2.49. The van der Waals surface area contributed by atoms with E-state index in [9.17, 15) is 5.11 Å². The van der Waals surface area contributed by atoms with Gasteiger partial charge in [-0.15, -0.1) is 0 Å². The zero-order chi connectivity index (χ0) is 9.14. The Morgan fingerprint density at radius 3 is 2.50 bits per heavy atom. The van der Waals surface area contributed by atoms with Gasteiger partial charge in [0.25, 0.3) is 0 Å². The molecule has 0 saturated carbocycles. The molecule has 5 heteroatoms. The lowest BCUT2D eigenvalue weighted by Crippen LogP contribution is -2.21. The third-order valence-electron chi connectivity index (χ3n) is 1.44. The van der Waals surface area contributed by atoms with Gasteiger partial charge in [0.15, 0.2) is 4.67 Å². The fourth-order valence-corrected chi connectivity index (χ4v) is 1.10. The second-order valence-corrected chi connectivity index (χ2v) is 3.12. The first-order valence-electron chi connectivity index (χ1n) is 3.37. The maximum absolute atomic E-state index is 9.28. The molecule has 1 rings (SSSR count). The van der Waals surface area contributed by atoms with Crippen molar-refractivity contribution in [3.63, 3.8) is 0 Å². The Morgan fingerprint density at radius 1 is 1.42 bits per heavy atom. The Morgan fingerprint density at radius 2 is 2.08 bits per heavy atom. The van der Waals surface area contributed by atoms with Crippen LogP contribution >= 0.6 is 15.9 Å². The van der Waals surface area contributed by atoms with E-state index in [2.05, 4.69) is 15.9 Å². The number of furan rings is 1. The van der Waals surface area contributed by atoms with Gasteiger partial charge in [0.1, 0.15) is 18.0 Å². The largest absolute Gasteiger partial charge is 0.451 e. The lowest BCUT2D eigenvalue weighted by Gasteiger charge is -2.12. The van der Waals surface area contributed by atoms with E-state index < -0.39 is 18.8 Å². The maximum atomic E-state index is 9.28. The average molecular weight is 237 g/mol. The van der Waals surface area contributed by atoms with Crippen LogP contribution in [0.5, 0.6) is 0 Å². The minimum absolute atomic E-state index is 0.225. The van der Waals surface area contributed by atoms with Gasteiger partial charge in [-0.05, 0) is 28.1 Å². The highest BCUT2D eigenvalue weighted by atomic mass is 79.9. The monoisotopic (exact) mass is 236 g/mol. The van der Waals surface area contributed by atoms with Crippen LogP contribution in [0, 0.1) is 0 Å². The third-order valence-corrected chi connectivity index (χ3v) is 1.86. The van der Waals surface area contributed by atoms with Crippen LogP contribution in [-0.2, 0) is 0 Å². The van der Waals surface area contributed by atoms with Gasteiger partial charge < -0.3 is 19.7 Å². The minimum Gasteiger partial charge on any atom is -0.451 e. The fraction of sp³-hybridized carbons (Fsp3) is 0.429. The molecule has 0 saturated heterocycles. The molecular formula is C7H9BrO4. The number of aliphatic hydroxyl groups is 3. The van der Waals surface area contributed by atoms with Crippen molar-refractivity contribution in [3.05, 3.63) is 22.6 Å². The molecule has 1 heterocycles. The molecule has 3 N–H and O–H groups in total. The zero-order valence-electron chi connectivity index (χ0n) is 6.14. The van der Waals surface area contributed by atoms with Crippen LogP contribution in [0.25, 0.3) is 0 Å². The van der Waals surface area contributed by atoms with Gasteiger partial charge >= 0.3 is 0 Å². The Labute approximate surface area is 77.6 Å². The second kappa shape index (κ2) is 4.04. The van der Waals surface area contributed by atoms with Crippen molar-refractivity contribution in [2.45, 2.75) is 12.2 Å². The van der Waals surface area contributed by atoms with E-state index in [1.807, 2.05) is 0 Å². The Balaban J connectivity index is 2.70. The molecule has 2 atom stereocenters. The van der Waals surface area contributed by atoms with Gasteiger partial charge in [0.05, 0.1) is 6.61 Å². The molecular weight excluding hydrogens is 228 g/mol. The lowest BCUT2D eigenvalue weighted by molar-refractivity contribution is -0.0255. The van der Waals surface area contributed by atoms with Gasteiger partial charge in [-0.1, -0.05) is 0 Å². The molecule has 68 valence electrons. The van der Waals surface area contributed by atoms with Crippen molar-refractivity contribution in [2.24, 2.45) is 0 Å². The highest BCUT2D eigenvalue weighted by Gasteiger charge is 2.20. The first kappa shape index (κ1) is 9.73. The summed E-state index contributed by atoms with van der Waals surface area (Å²) in [6, 6.07) is 3.12. The SMILES string of the molecule is OCC(O)C(O)c1ccc(Br)o1. The first-order chi connectivity index (χ1) is 5.65. The molecule has 0 aliphatic rings. The molecule has 0 spiro atoms. The predicted molar refractivity (Wildman–Crippen MR) is 44.5 cm³/mol. The van der Waals surface area contributed by atoms with Crippen LogP contribution in [0.2, 0.25) is 0 Å². The van der Waals surface area contributed by atoms with Gasteiger partial charge in [0.2, 0.25) is 0 Å². The molecule has 0 aliphatic heterocycles. The summed E-state index contributed by atoms with van der Waals surface area (Å²) in [6.07, 6.45) is -2.38. The summed E-state index contributed by atoms with van der Waals surface area (Å²) in [7, 11) is 0. The lowest BCUT2D eigenvalue weighted by atomic mass is 10.2. The summed E-state index contributed by atoms with van der Waals surface area (Å²) >= 11 is 3.05. The van der Waals surface area contributed by atoms with Crippen molar-refractivity contribution in [3.8, 4) is 0 Å². The van der Waals surface area contributed by atoms with E-state index in [0.717, 1.165) is 0 Å². The number of rotatable bonds is 3. The quantitative estimate of drug-likeness (QED) is 0.712. The Kier molecular flexibility index (Phi) is 3.28. The summed E-state index contributed by atoms with van der Waals surface area (Å²) in [5.74, 6) is 0.225. The van der Waals surface area contributed by atoms with Crippen molar-refractivity contribution in [1.82, 2.24) is 0 Å². The molecule has 1 aromatic heterocycles. The Bertz CT molecular complexity index is 247. The van der Waals surface area contributed by atoms with Crippen molar-refractivity contribution in [2.75, 3.05) is 6.61 Å². The molecule has 1 aromatic rings. The summed E-state index contributed by atoms with van der Waals surface area (Å²) in [6.45, 7) is -0.501. The normalized spacial score (nSPS) is 16.0. The highest BCUT2D eigenvalue weighted by molar-refractivity contribution is 9.10. The van der Waals surface area contributed by atoms with Crippen molar-refractivity contribution < 1.29 is 19.7 Å². The fourth-order valence-electron chi connectivity index (χ4n) is 0.777. The van der Waals surface area contributed by atoms with E-state index in [1.165, 1.54) is 6.07 Å². The molecule has 12 heavy (non-hydrogen) atoms. The number of aliphatic hydroxyl groups excluding tert-OH is 3. The van der Waals surface area contributed by atoms with Crippen LogP contribution in [0.4, 0.5) is 0 Å². The van der Waals surface area contributed by atoms with Crippen molar-refractivity contribution in [1.29, 1.82) is 0 Å². The Hall–Kier alpha value is -0.360. The van der Waals surface area contributed by atoms with Crippen LogP contribution in [-0.4, -0.2) is 28.0 Å². The van der Waals surface area contributed by atoms with E-state index in [-0.39, 0.29) is 5.76 Å². The molecule has 0 aliphatic carbocycles. The van der Waals surface area contributed by atoms with E-state index in [4.69, 9.17) is 14.6 Å². The van der Waals surface area contributed by atoms with Gasteiger partial charge in [-0.2, -0.15) is 0 Å². The van der Waals surface area contributed by atoms with E-state index in [1.54, 1.807) is 6.07 Å². The van der Waals surface area contributed by atoms with E-state index >= 15 is 0 Å². The summed E-state index contributed by atoms with van der Waals surface area (Å²) in [4.78, 5) is 0. The second-order valence-electron chi connectivity index (χ2n) is 2.34. The highest BCUT2D eigenvalue weighted by Crippen LogP contribution is 2.22. The van der Waals surface area contributed by atoms with Gasteiger partial charge in [0, 0.05) is 0 Å². The molecule has 0 amide bonds. The van der Waals surface area contributed by atoms with Crippen molar-refractivity contribution >= 4 is 15.9 Å². The summed E-state index contributed by atoms with van der Waals surface area (Å²) < 4.78 is 5.44. The standard InChI is InChI=1S/C7H9BrO4/c8-6-2-1-5(12-6)7(11)4(10)3-9/h1-2,4,7,9-11H,3H2. The third kappa shape index (κ3) is 2.07. The summed E-state index contributed by atoms with van der Waals surface area (Å²) in [5, 5.41) is 26.8. The molecule has 0 radical (unpaired) electrons. The number of halogens is 1. The first-order valence-corrected chi connectivity index (χ1v) is 4.16. The van der Waals surface area contributed by atoms with Gasteiger partial charge in [-0.25, -0.2) is 0 Å². The zero-order valence-corrected chi connectivity index (χ0v) is 7.73. The summed E-state index contributed by atoms with van der Waals surface area (Å²) in [5.41, 5.74) is 0. The molecule has 0 aromatic carbocycles. The van der Waals surface area contributed by atoms with Gasteiger partial charge in [-0.3, -0.25) is 0 Å². The maximum Gasteiger partial charge on any atom is 0.169 e. The molecule has 0 fully saturated rings.